The molecule has 4 rings (SSSR count). The van der Waals surface area contributed by atoms with Crippen LogP contribution in [0.3, 0.4) is 0 Å². The lowest BCUT2D eigenvalue weighted by Crippen LogP contribution is -2.46. The van der Waals surface area contributed by atoms with Gasteiger partial charge < -0.3 is 4.90 Å². The molecule has 1 aliphatic heterocycles. The van der Waals surface area contributed by atoms with E-state index in [2.05, 4.69) is 26.2 Å². The Morgan fingerprint density at radius 2 is 2.05 bits per heavy atom. The molecule has 0 N–H and O–H groups in total. The summed E-state index contributed by atoms with van der Waals surface area (Å²) >= 11 is 0. The monoisotopic (exact) mass is 276 g/mol. The van der Waals surface area contributed by atoms with Crippen molar-refractivity contribution in [2.45, 2.75) is 5.92 Å². The molecule has 0 amide bonds. The molecule has 0 radical (unpaired) electrons. The molecule has 6 heteroatoms. The molecule has 0 bridgehead atoms. The normalized spacial score (nSPS) is 14.9. The highest BCUT2D eigenvalue weighted by atomic mass is 15.3. The lowest BCUT2D eigenvalue weighted by atomic mass is 9.98. The van der Waals surface area contributed by atoms with E-state index in [-0.39, 0.29) is 0 Å². The number of hydrogen-bond acceptors (Lipinski definition) is 5. The molecular formula is C15H12N6. The number of nitriles is 1. The molecule has 1 saturated heterocycles. The summed E-state index contributed by atoms with van der Waals surface area (Å²) in [7, 11) is 0. The third-order valence-electron chi connectivity index (χ3n) is 3.82. The molecule has 21 heavy (non-hydrogen) atoms. The summed E-state index contributed by atoms with van der Waals surface area (Å²) in [5.41, 5.74) is 2.23. The van der Waals surface area contributed by atoms with Gasteiger partial charge in [-0.1, -0.05) is 6.07 Å². The summed E-state index contributed by atoms with van der Waals surface area (Å²) in [4.78, 5) is 6.25. The number of anilines is 1. The van der Waals surface area contributed by atoms with Crippen molar-refractivity contribution in [3.8, 4) is 6.07 Å². The second kappa shape index (κ2) is 4.56. The van der Waals surface area contributed by atoms with E-state index in [0.717, 1.165) is 30.2 Å². The number of aromatic nitrogens is 4. The van der Waals surface area contributed by atoms with Crippen molar-refractivity contribution in [2.24, 2.45) is 0 Å². The summed E-state index contributed by atoms with van der Waals surface area (Å²) in [5.74, 6) is 1.30. The van der Waals surface area contributed by atoms with Crippen LogP contribution in [0.1, 0.15) is 17.4 Å². The molecule has 0 aromatic carbocycles. The molecule has 1 aliphatic rings. The quantitative estimate of drug-likeness (QED) is 0.711. The highest BCUT2D eigenvalue weighted by molar-refractivity contribution is 5.58. The number of nitrogens with zero attached hydrogens (tertiary/aromatic N) is 6. The second-order valence-corrected chi connectivity index (χ2v) is 5.07. The Kier molecular flexibility index (Phi) is 2.57. The van der Waals surface area contributed by atoms with E-state index < -0.39 is 0 Å². The summed E-state index contributed by atoms with van der Waals surface area (Å²) in [6.07, 6.45) is 3.63. The van der Waals surface area contributed by atoms with Crippen LogP contribution in [0, 0.1) is 11.3 Å². The topological polar surface area (TPSA) is 70.1 Å². The second-order valence-electron chi connectivity index (χ2n) is 5.07. The summed E-state index contributed by atoms with van der Waals surface area (Å²) < 4.78 is 2.02. The van der Waals surface area contributed by atoms with Gasteiger partial charge in [0, 0.05) is 25.5 Å². The lowest BCUT2D eigenvalue weighted by Gasteiger charge is -2.40. The van der Waals surface area contributed by atoms with E-state index in [0.29, 0.717) is 11.6 Å². The Bertz CT molecular complexity index is 840. The predicted molar refractivity (Wildman–Crippen MR) is 76.9 cm³/mol. The molecule has 3 aromatic heterocycles. The average Bonchev–Trinajstić information content (AvgIpc) is 2.90. The first kappa shape index (κ1) is 11.9. The third kappa shape index (κ3) is 1.82. The SMILES string of the molecule is N#Cc1ncccc1N1CC(c2nnc3ccccn23)C1. The molecule has 0 aliphatic carbocycles. The van der Waals surface area contributed by atoms with E-state index in [1.54, 1.807) is 6.20 Å². The Balaban J connectivity index is 1.59. The van der Waals surface area contributed by atoms with Gasteiger partial charge in [0.25, 0.3) is 0 Å². The van der Waals surface area contributed by atoms with E-state index in [4.69, 9.17) is 5.26 Å². The van der Waals surface area contributed by atoms with Gasteiger partial charge in [0.2, 0.25) is 0 Å². The number of fused-ring (bicyclic) bond motifs is 1. The van der Waals surface area contributed by atoms with E-state index in [9.17, 15) is 0 Å². The summed E-state index contributed by atoms with van der Waals surface area (Å²) in [6.45, 7) is 1.66. The molecule has 0 unspecified atom stereocenters. The molecular weight excluding hydrogens is 264 g/mol. The zero-order valence-electron chi connectivity index (χ0n) is 11.2. The van der Waals surface area contributed by atoms with Gasteiger partial charge in [-0.25, -0.2) is 4.98 Å². The maximum absolute atomic E-state index is 9.11. The smallest absolute Gasteiger partial charge is 0.163 e. The Labute approximate surface area is 121 Å². The van der Waals surface area contributed by atoms with Gasteiger partial charge in [0.1, 0.15) is 11.9 Å². The molecule has 0 saturated carbocycles. The largest absolute Gasteiger partial charge is 0.368 e. The third-order valence-corrected chi connectivity index (χ3v) is 3.82. The van der Waals surface area contributed by atoms with Crippen LogP contribution in [0.4, 0.5) is 5.69 Å². The van der Waals surface area contributed by atoms with Crippen LogP contribution in [0.25, 0.3) is 5.65 Å². The first-order valence-corrected chi connectivity index (χ1v) is 6.76. The van der Waals surface area contributed by atoms with E-state index in [1.807, 2.05) is 40.9 Å². The number of pyridine rings is 2. The van der Waals surface area contributed by atoms with Crippen molar-refractivity contribution in [3.63, 3.8) is 0 Å². The maximum Gasteiger partial charge on any atom is 0.163 e. The van der Waals surface area contributed by atoms with Crippen molar-refractivity contribution in [1.82, 2.24) is 19.6 Å². The molecule has 4 heterocycles. The minimum absolute atomic E-state index is 0.328. The van der Waals surface area contributed by atoms with E-state index >= 15 is 0 Å². The highest BCUT2D eigenvalue weighted by Gasteiger charge is 2.33. The van der Waals surface area contributed by atoms with Gasteiger partial charge in [0.15, 0.2) is 11.3 Å². The molecule has 6 nitrogen and oxygen atoms in total. The van der Waals surface area contributed by atoms with Crippen LogP contribution in [0.15, 0.2) is 42.7 Å². The van der Waals surface area contributed by atoms with Gasteiger partial charge in [-0.2, -0.15) is 5.26 Å². The van der Waals surface area contributed by atoms with Gasteiger partial charge in [-0.05, 0) is 24.3 Å². The van der Waals surface area contributed by atoms with Gasteiger partial charge in [-0.3, -0.25) is 4.40 Å². The molecule has 0 atom stereocenters. The van der Waals surface area contributed by atoms with Crippen molar-refractivity contribution in [1.29, 1.82) is 5.26 Å². The van der Waals surface area contributed by atoms with Crippen LogP contribution in [-0.2, 0) is 0 Å². The predicted octanol–water partition coefficient (Wildman–Crippen LogP) is 1.60. The van der Waals surface area contributed by atoms with Gasteiger partial charge >= 0.3 is 0 Å². The van der Waals surface area contributed by atoms with Crippen LogP contribution >= 0.6 is 0 Å². The van der Waals surface area contributed by atoms with Crippen LogP contribution < -0.4 is 4.90 Å². The fourth-order valence-electron chi connectivity index (χ4n) is 2.71. The zero-order valence-corrected chi connectivity index (χ0v) is 11.2. The van der Waals surface area contributed by atoms with Crippen LogP contribution in [-0.4, -0.2) is 32.7 Å². The Morgan fingerprint density at radius 3 is 2.90 bits per heavy atom. The van der Waals surface area contributed by atoms with Crippen molar-refractivity contribution in [3.05, 3.63) is 54.2 Å². The van der Waals surface area contributed by atoms with Gasteiger partial charge in [-0.15, -0.1) is 10.2 Å². The molecule has 102 valence electrons. The number of hydrogen-bond donors (Lipinski definition) is 0. The first-order chi connectivity index (χ1) is 10.4. The zero-order chi connectivity index (χ0) is 14.2. The highest BCUT2D eigenvalue weighted by Crippen LogP contribution is 2.31. The van der Waals surface area contributed by atoms with Crippen LogP contribution in [0.2, 0.25) is 0 Å². The fraction of sp³-hybridized carbons (Fsp3) is 0.200. The minimum Gasteiger partial charge on any atom is -0.368 e. The summed E-state index contributed by atoms with van der Waals surface area (Å²) in [5, 5.41) is 17.6. The van der Waals surface area contributed by atoms with E-state index in [1.165, 1.54) is 0 Å². The maximum atomic E-state index is 9.11. The summed E-state index contributed by atoms with van der Waals surface area (Å²) in [6, 6.07) is 11.8. The molecule has 0 spiro atoms. The number of rotatable bonds is 2. The Hall–Kier alpha value is -2.94. The lowest BCUT2D eigenvalue weighted by molar-refractivity contribution is 0.496. The fourth-order valence-corrected chi connectivity index (χ4v) is 2.71. The van der Waals surface area contributed by atoms with Crippen molar-refractivity contribution < 1.29 is 0 Å². The minimum atomic E-state index is 0.328. The van der Waals surface area contributed by atoms with Gasteiger partial charge in [0.05, 0.1) is 11.6 Å². The molecule has 1 fully saturated rings. The average molecular weight is 276 g/mol. The van der Waals surface area contributed by atoms with Crippen LogP contribution in [0.5, 0.6) is 0 Å². The Morgan fingerprint density at radius 1 is 1.14 bits per heavy atom. The first-order valence-electron chi connectivity index (χ1n) is 6.76. The van der Waals surface area contributed by atoms with Crippen molar-refractivity contribution in [2.75, 3.05) is 18.0 Å². The van der Waals surface area contributed by atoms with Crippen molar-refractivity contribution >= 4 is 11.3 Å². The standard InChI is InChI=1S/C15H12N6/c16-8-12-13(4-3-6-17-12)20-9-11(10-20)15-19-18-14-5-1-2-7-21(14)15/h1-7,11H,9-10H2. The molecule has 3 aromatic rings.